The number of nitrogens with one attached hydrogen (secondary N) is 1. The predicted molar refractivity (Wildman–Crippen MR) is 132 cm³/mol. The fourth-order valence-electron chi connectivity index (χ4n) is 3.88. The number of hydrogen-bond donors (Lipinski definition) is 2. The van der Waals surface area contributed by atoms with Crippen LogP contribution in [0.2, 0.25) is 0 Å². The molecule has 1 saturated carbocycles. The first kappa shape index (κ1) is 26.8. The summed E-state index contributed by atoms with van der Waals surface area (Å²) in [6, 6.07) is 12.8. The lowest BCUT2D eigenvalue weighted by Gasteiger charge is -2.25. The molecule has 36 heavy (non-hydrogen) atoms. The maximum Gasteiger partial charge on any atom is 0.230 e. The van der Waals surface area contributed by atoms with Gasteiger partial charge in [0.25, 0.3) is 0 Å². The van der Waals surface area contributed by atoms with Crippen molar-refractivity contribution >= 4 is 11.7 Å². The molecule has 1 aromatic heterocycles. The van der Waals surface area contributed by atoms with Gasteiger partial charge in [0.05, 0.1) is 5.56 Å². The van der Waals surface area contributed by atoms with Crippen LogP contribution in [0.3, 0.4) is 0 Å². The van der Waals surface area contributed by atoms with E-state index in [0.717, 1.165) is 31.7 Å². The monoisotopic (exact) mass is 496 g/mol. The topological polar surface area (TPSA) is 88.5 Å². The number of hydrogen-bond acceptors (Lipinski definition) is 5. The van der Waals surface area contributed by atoms with E-state index in [-0.39, 0.29) is 41.6 Å². The quantitative estimate of drug-likeness (QED) is 0.397. The van der Waals surface area contributed by atoms with E-state index in [1.54, 1.807) is 12.1 Å². The number of phenols is 1. The third-order valence-electron chi connectivity index (χ3n) is 6.05. The molecular weight excluding hydrogens is 466 g/mol. The second kappa shape index (κ2) is 12.8. The number of pyridine rings is 1. The van der Waals surface area contributed by atoms with E-state index < -0.39 is 5.82 Å². The minimum atomic E-state index is -0.488. The third-order valence-corrected chi connectivity index (χ3v) is 6.05. The van der Waals surface area contributed by atoms with E-state index in [0.29, 0.717) is 22.8 Å². The molecule has 0 bridgehead atoms. The van der Waals surface area contributed by atoms with Crippen molar-refractivity contribution in [1.29, 1.82) is 0 Å². The van der Waals surface area contributed by atoms with Gasteiger partial charge in [-0.2, -0.15) is 0 Å². The smallest absolute Gasteiger partial charge is 0.230 e. The average Bonchev–Trinajstić information content (AvgIpc) is 2.86. The first-order valence-electron chi connectivity index (χ1n) is 11.9. The van der Waals surface area contributed by atoms with Gasteiger partial charge in [0.2, 0.25) is 11.8 Å². The molecule has 1 amide bonds. The van der Waals surface area contributed by atoms with Crippen molar-refractivity contribution in [3.8, 4) is 17.4 Å². The first-order chi connectivity index (χ1) is 17.2. The molecule has 0 aliphatic heterocycles. The van der Waals surface area contributed by atoms with Gasteiger partial charge in [-0.15, -0.1) is 0 Å². The van der Waals surface area contributed by atoms with Crippen LogP contribution in [0.15, 0.2) is 60.8 Å². The number of aromatic nitrogens is 1. The van der Waals surface area contributed by atoms with Gasteiger partial charge in [-0.25, -0.2) is 13.8 Å². The fraction of sp³-hybridized carbons (Fsp3) is 0.321. The molecule has 1 heterocycles. The Morgan fingerprint density at radius 3 is 2.39 bits per heavy atom. The molecule has 2 N–H and O–H groups in total. The Balaban J connectivity index is 0.000000202. The number of ketones is 1. The zero-order valence-corrected chi connectivity index (χ0v) is 20.3. The van der Waals surface area contributed by atoms with Gasteiger partial charge in [-0.1, -0.05) is 13.0 Å². The summed E-state index contributed by atoms with van der Waals surface area (Å²) in [6.07, 6.45) is 5.55. The van der Waals surface area contributed by atoms with Gasteiger partial charge in [0.15, 0.2) is 5.78 Å². The number of amides is 1. The molecule has 2 aromatic carbocycles. The van der Waals surface area contributed by atoms with Gasteiger partial charge < -0.3 is 15.2 Å². The third kappa shape index (κ3) is 7.86. The Kier molecular flexibility index (Phi) is 9.50. The Hall–Kier alpha value is -3.81. The molecule has 190 valence electrons. The van der Waals surface area contributed by atoms with Gasteiger partial charge in [0.1, 0.15) is 23.1 Å². The van der Waals surface area contributed by atoms with Crippen LogP contribution in [0, 0.1) is 23.5 Å². The molecule has 0 radical (unpaired) electrons. The minimum absolute atomic E-state index is 0.0133. The van der Waals surface area contributed by atoms with E-state index >= 15 is 0 Å². The molecule has 0 spiro atoms. The highest BCUT2D eigenvalue weighted by Crippen LogP contribution is 2.28. The van der Waals surface area contributed by atoms with Crippen molar-refractivity contribution in [2.45, 2.75) is 46.1 Å². The SMILES string of the molecule is CC(=O)c1cccnc1Oc1ccc(F)cc1.CC1CCC(C(=O)NCc2ccc(O)cc2F)CC1. The maximum absolute atomic E-state index is 13.5. The number of rotatable bonds is 6. The standard InChI is InChI=1S/C15H20FNO2.C13H10FNO2/c1-10-2-4-11(5-3-10)15(19)17-9-12-6-7-13(18)8-14(12)16;1-9(16)12-3-2-8-15-13(12)17-11-6-4-10(14)5-7-11/h6-8,10-11,18H,2-5,9H2,1H3,(H,17,19);2-8H,1H3. The Labute approximate surface area is 209 Å². The van der Waals surface area contributed by atoms with E-state index in [2.05, 4.69) is 17.2 Å². The molecule has 1 aliphatic rings. The van der Waals surface area contributed by atoms with Crippen molar-refractivity contribution < 1.29 is 28.2 Å². The summed E-state index contributed by atoms with van der Waals surface area (Å²) < 4.78 is 31.6. The van der Waals surface area contributed by atoms with Gasteiger partial charge in [-0.05, 0) is 81.0 Å². The summed E-state index contributed by atoms with van der Waals surface area (Å²) in [5, 5.41) is 11.9. The number of Topliss-reactive ketones (excluding diaryl/α,β-unsaturated/α-hetero) is 1. The highest BCUT2D eigenvalue weighted by molar-refractivity contribution is 5.96. The molecule has 8 heteroatoms. The largest absolute Gasteiger partial charge is 0.508 e. The van der Waals surface area contributed by atoms with Crippen LogP contribution in [-0.2, 0) is 11.3 Å². The highest BCUT2D eigenvalue weighted by atomic mass is 19.1. The maximum atomic E-state index is 13.5. The summed E-state index contributed by atoms with van der Waals surface area (Å²) in [7, 11) is 0. The van der Waals surface area contributed by atoms with E-state index in [1.165, 1.54) is 49.5 Å². The number of phenolic OH excluding ortho intramolecular Hbond substituents is 1. The van der Waals surface area contributed by atoms with Crippen molar-refractivity contribution in [3.63, 3.8) is 0 Å². The number of ether oxygens (including phenoxy) is 1. The van der Waals surface area contributed by atoms with E-state index in [1.807, 2.05) is 0 Å². The molecule has 0 saturated heterocycles. The van der Waals surface area contributed by atoms with Crippen LogP contribution >= 0.6 is 0 Å². The van der Waals surface area contributed by atoms with Crippen molar-refractivity contribution in [2.75, 3.05) is 0 Å². The number of benzene rings is 2. The molecule has 1 fully saturated rings. The van der Waals surface area contributed by atoms with Crippen molar-refractivity contribution in [1.82, 2.24) is 10.3 Å². The zero-order valence-electron chi connectivity index (χ0n) is 20.3. The van der Waals surface area contributed by atoms with Gasteiger partial charge in [0, 0.05) is 30.3 Å². The number of aromatic hydroxyl groups is 1. The van der Waals surface area contributed by atoms with Crippen molar-refractivity contribution in [3.05, 3.63) is 83.6 Å². The molecule has 1 aliphatic carbocycles. The summed E-state index contributed by atoms with van der Waals surface area (Å²) in [5.74, 6) is 0.389. The number of nitrogens with zero attached hydrogens (tertiary/aromatic N) is 1. The average molecular weight is 497 g/mol. The van der Waals surface area contributed by atoms with E-state index in [9.17, 15) is 18.4 Å². The predicted octanol–water partition coefficient (Wildman–Crippen LogP) is 6.19. The second-order valence-corrected chi connectivity index (χ2v) is 8.92. The molecule has 4 rings (SSSR count). The summed E-state index contributed by atoms with van der Waals surface area (Å²) >= 11 is 0. The van der Waals surface area contributed by atoms with Crippen LogP contribution in [0.25, 0.3) is 0 Å². The molecule has 6 nitrogen and oxygen atoms in total. The molecular formula is C28H30F2N2O4. The Morgan fingerprint density at radius 2 is 1.75 bits per heavy atom. The Bertz CT molecular complexity index is 1180. The summed E-state index contributed by atoms with van der Waals surface area (Å²) in [6.45, 7) is 3.82. The molecule has 0 unspecified atom stereocenters. The number of halogens is 2. The lowest BCUT2D eigenvalue weighted by atomic mass is 9.82. The normalized spacial score (nSPS) is 16.9. The zero-order chi connectivity index (χ0) is 26.1. The fourth-order valence-corrected chi connectivity index (χ4v) is 3.88. The lowest BCUT2D eigenvalue weighted by Crippen LogP contribution is -2.32. The van der Waals surface area contributed by atoms with Gasteiger partial charge in [-0.3, -0.25) is 9.59 Å². The minimum Gasteiger partial charge on any atom is -0.508 e. The number of carbonyl (C=O) groups excluding carboxylic acids is 2. The van der Waals surface area contributed by atoms with Gasteiger partial charge >= 0.3 is 0 Å². The van der Waals surface area contributed by atoms with Crippen LogP contribution < -0.4 is 10.1 Å². The Morgan fingerprint density at radius 1 is 1.06 bits per heavy atom. The molecule has 0 atom stereocenters. The molecule has 3 aromatic rings. The van der Waals surface area contributed by atoms with Crippen molar-refractivity contribution in [2.24, 2.45) is 11.8 Å². The highest BCUT2D eigenvalue weighted by Gasteiger charge is 2.24. The van der Waals surface area contributed by atoms with E-state index in [4.69, 9.17) is 9.84 Å². The first-order valence-corrected chi connectivity index (χ1v) is 11.9. The van der Waals surface area contributed by atoms with Crippen LogP contribution in [0.5, 0.6) is 17.4 Å². The number of carbonyl (C=O) groups is 2. The van der Waals surface area contributed by atoms with Crippen LogP contribution in [-0.4, -0.2) is 21.8 Å². The second-order valence-electron chi connectivity index (χ2n) is 8.92. The van der Waals surface area contributed by atoms with Crippen LogP contribution in [0.1, 0.15) is 55.5 Å². The lowest BCUT2D eigenvalue weighted by molar-refractivity contribution is -0.126. The summed E-state index contributed by atoms with van der Waals surface area (Å²) in [4.78, 5) is 27.3. The summed E-state index contributed by atoms with van der Waals surface area (Å²) in [5.41, 5.74) is 0.798. The van der Waals surface area contributed by atoms with Crippen LogP contribution in [0.4, 0.5) is 8.78 Å².